The van der Waals surface area contributed by atoms with Crippen molar-refractivity contribution in [3.8, 4) is 16.3 Å². The molecule has 4 rings (SSSR count). The van der Waals surface area contributed by atoms with Crippen molar-refractivity contribution >= 4 is 28.8 Å². The van der Waals surface area contributed by atoms with E-state index in [1.165, 1.54) is 22.2 Å². The molecule has 0 bridgehead atoms. The van der Waals surface area contributed by atoms with Crippen molar-refractivity contribution in [1.29, 1.82) is 0 Å². The zero-order chi connectivity index (χ0) is 20.2. The van der Waals surface area contributed by atoms with E-state index < -0.39 is 0 Å². The Hall–Kier alpha value is -3.79. The van der Waals surface area contributed by atoms with Crippen LogP contribution in [-0.4, -0.2) is 43.4 Å². The fourth-order valence-corrected chi connectivity index (χ4v) is 3.38. The van der Waals surface area contributed by atoms with Crippen LogP contribution in [0.15, 0.2) is 60.5 Å². The first-order valence-electron chi connectivity index (χ1n) is 8.73. The molecule has 0 aliphatic heterocycles. The van der Waals surface area contributed by atoms with Gasteiger partial charge < -0.3 is 10.6 Å². The SMILES string of the molecule is CNC(=O)Cn1cc(NC(=O)c2csc(-c3cnn(-c4ccccc4)c3)n2)cn1. The van der Waals surface area contributed by atoms with Gasteiger partial charge in [-0.2, -0.15) is 10.2 Å². The zero-order valence-corrected chi connectivity index (χ0v) is 16.3. The molecular weight excluding hydrogens is 390 g/mol. The van der Waals surface area contributed by atoms with Gasteiger partial charge >= 0.3 is 0 Å². The molecule has 0 saturated heterocycles. The number of hydrogen-bond acceptors (Lipinski definition) is 6. The number of thiazole rings is 1. The Kier molecular flexibility index (Phi) is 5.16. The first kappa shape index (κ1) is 18.6. The topological polar surface area (TPSA) is 107 Å². The molecule has 1 aromatic carbocycles. The summed E-state index contributed by atoms with van der Waals surface area (Å²) in [5.74, 6) is -0.520. The minimum Gasteiger partial charge on any atom is -0.358 e. The quantitative estimate of drug-likeness (QED) is 0.510. The van der Waals surface area contributed by atoms with Gasteiger partial charge in [0.15, 0.2) is 0 Å². The molecular formula is C19H17N7O2S. The van der Waals surface area contributed by atoms with E-state index in [-0.39, 0.29) is 18.4 Å². The predicted octanol–water partition coefficient (Wildman–Crippen LogP) is 2.19. The third-order valence-corrected chi connectivity index (χ3v) is 4.95. The van der Waals surface area contributed by atoms with Crippen LogP contribution in [0.4, 0.5) is 5.69 Å². The molecule has 0 saturated carbocycles. The molecule has 0 spiro atoms. The first-order chi connectivity index (χ1) is 14.1. The van der Waals surface area contributed by atoms with Crippen LogP contribution in [0.5, 0.6) is 0 Å². The van der Waals surface area contributed by atoms with Gasteiger partial charge in [0.1, 0.15) is 17.2 Å². The van der Waals surface area contributed by atoms with Crippen LogP contribution >= 0.6 is 11.3 Å². The van der Waals surface area contributed by atoms with E-state index in [1.54, 1.807) is 29.5 Å². The van der Waals surface area contributed by atoms with Crippen molar-refractivity contribution in [2.45, 2.75) is 6.54 Å². The monoisotopic (exact) mass is 407 g/mol. The lowest BCUT2D eigenvalue weighted by Crippen LogP contribution is -2.23. The Balaban J connectivity index is 1.44. The number of para-hydroxylation sites is 1. The number of benzene rings is 1. The molecule has 0 atom stereocenters. The summed E-state index contributed by atoms with van der Waals surface area (Å²) in [4.78, 5) is 28.3. The number of likely N-dealkylation sites (N-methyl/N-ethyl adjacent to an activating group) is 1. The van der Waals surface area contributed by atoms with Gasteiger partial charge in [-0.1, -0.05) is 18.2 Å². The summed E-state index contributed by atoms with van der Waals surface area (Å²) in [6.45, 7) is 0.0820. The van der Waals surface area contributed by atoms with Crippen molar-refractivity contribution in [2.24, 2.45) is 0 Å². The number of anilines is 1. The third kappa shape index (κ3) is 4.22. The van der Waals surface area contributed by atoms with E-state index in [1.807, 2.05) is 36.5 Å². The minimum absolute atomic E-state index is 0.0820. The summed E-state index contributed by atoms with van der Waals surface area (Å²) in [5.41, 5.74) is 2.57. The number of hydrogen-bond donors (Lipinski definition) is 2. The molecule has 0 fully saturated rings. The van der Waals surface area contributed by atoms with E-state index in [0.717, 1.165) is 11.3 Å². The zero-order valence-electron chi connectivity index (χ0n) is 15.4. The van der Waals surface area contributed by atoms with Gasteiger partial charge in [-0.15, -0.1) is 11.3 Å². The van der Waals surface area contributed by atoms with E-state index in [9.17, 15) is 9.59 Å². The van der Waals surface area contributed by atoms with Crippen LogP contribution in [0.25, 0.3) is 16.3 Å². The Bertz CT molecular complexity index is 1150. The molecule has 0 aliphatic rings. The molecule has 3 heterocycles. The number of carbonyl (C=O) groups excluding carboxylic acids is 2. The Morgan fingerprint density at radius 2 is 1.93 bits per heavy atom. The second kappa shape index (κ2) is 8.07. The molecule has 2 N–H and O–H groups in total. The van der Waals surface area contributed by atoms with Crippen LogP contribution in [0, 0.1) is 0 Å². The maximum Gasteiger partial charge on any atom is 0.275 e. The summed E-state index contributed by atoms with van der Waals surface area (Å²) >= 11 is 1.37. The highest BCUT2D eigenvalue weighted by atomic mass is 32.1. The highest BCUT2D eigenvalue weighted by molar-refractivity contribution is 7.13. The van der Waals surface area contributed by atoms with E-state index in [4.69, 9.17) is 0 Å². The molecule has 0 unspecified atom stereocenters. The van der Waals surface area contributed by atoms with Gasteiger partial charge in [0.25, 0.3) is 5.91 Å². The Morgan fingerprint density at radius 1 is 1.10 bits per heavy atom. The second-order valence-corrected chi connectivity index (χ2v) is 6.96. The van der Waals surface area contributed by atoms with Crippen molar-refractivity contribution in [3.63, 3.8) is 0 Å². The lowest BCUT2D eigenvalue weighted by atomic mass is 10.3. The smallest absolute Gasteiger partial charge is 0.275 e. The molecule has 0 aliphatic carbocycles. The third-order valence-electron chi connectivity index (χ3n) is 4.06. The number of rotatable bonds is 6. The van der Waals surface area contributed by atoms with Gasteiger partial charge in [-0.25, -0.2) is 9.67 Å². The van der Waals surface area contributed by atoms with Gasteiger partial charge in [0.2, 0.25) is 5.91 Å². The van der Waals surface area contributed by atoms with Gasteiger partial charge in [-0.05, 0) is 12.1 Å². The standard InChI is InChI=1S/C19H17N7O2S/c1-20-17(27)11-25-10-14(8-21-25)23-18(28)16-12-29-19(24-16)13-7-22-26(9-13)15-5-3-2-4-6-15/h2-10,12H,11H2,1H3,(H,20,27)(H,23,28). The molecule has 9 nitrogen and oxygen atoms in total. The fraction of sp³-hybridized carbons (Fsp3) is 0.105. The highest BCUT2D eigenvalue weighted by Crippen LogP contribution is 2.24. The van der Waals surface area contributed by atoms with Gasteiger partial charge in [0.05, 0.1) is 23.8 Å². The average molecular weight is 407 g/mol. The predicted molar refractivity (Wildman–Crippen MR) is 109 cm³/mol. The summed E-state index contributed by atoms with van der Waals surface area (Å²) < 4.78 is 3.20. The molecule has 10 heteroatoms. The number of nitrogens with zero attached hydrogens (tertiary/aromatic N) is 5. The van der Waals surface area contributed by atoms with Crippen LogP contribution < -0.4 is 10.6 Å². The van der Waals surface area contributed by atoms with Crippen LogP contribution in [0.2, 0.25) is 0 Å². The molecule has 146 valence electrons. The Morgan fingerprint density at radius 3 is 2.72 bits per heavy atom. The molecule has 4 aromatic rings. The Labute approximate surface area is 170 Å². The molecule has 3 aromatic heterocycles. The van der Waals surface area contributed by atoms with Crippen LogP contribution in [0.3, 0.4) is 0 Å². The molecule has 2 amide bonds. The van der Waals surface area contributed by atoms with Crippen molar-refractivity contribution < 1.29 is 9.59 Å². The maximum atomic E-state index is 12.5. The largest absolute Gasteiger partial charge is 0.358 e. The minimum atomic E-state index is -0.345. The fourth-order valence-electron chi connectivity index (χ4n) is 2.60. The number of carbonyl (C=O) groups is 2. The van der Waals surface area contributed by atoms with Crippen molar-refractivity contribution in [2.75, 3.05) is 12.4 Å². The number of amides is 2. The number of aromatic nitrogens is 5. The van der Waals surface area contributed by atoms with Crippen LogP contribution in [-0.2, 0) is 11.3 Å². The second-order valence-electron chi connectivity index (χ2n) is 6.10. The maximum absolute atomic E-state index is 12.5. The number of nitrogens with one attached hydrogen (secondary N) is 2. The summed E-state index contributed by atoms with van der Waals surface area (Å²) in [5, 5.41) is 16.1. The van der Waals surface area contributed by atoms with Gasteiger partial charge in [0, 0.05) is 30.4 Å². The van der Waals surface area contributed by atoms with Crippen molar-refractivity contribution in [3.05, 3.63) is 66.2 Å². The van der Waals surface area contributed by atoms with Crippen molar-refractivity contribution in [1.82, 2.24) is 29.9 Å². The average Bonchev–Trinajstić information content (AvgIpc) is 3.49. The van der Waals surface area contributed by atoms with E-state index in [0.29, 0.717) is 16.4 Å². The molecule has 0 radical (unpaired) electrons. The lowest BCUT2D eigenvalue weighted by Gasteiger charge is -2.00. The first-order valence-corrected chi connectivity index (χ1v) is 9.61. The lowest BCUT2D eigenvalue weighted by molar-refractivity contribution is -0.121. The van der Waals surface area contributed by atoms with Gasteiger partial charge in [-0.3, -0.25) is 14.3 Å². The normalized spacial score (nSPS) is 10.7. The molecule has 29 heavy (non-hydrogen) atoms. The summed E-state index contributed by atoms with van der Waals surface area (Å²) in [6, 6.07) is 9.75. The summed E-state index contributed by atoms with van der Waals surface area (Å²) in [7, 11) is 1.55. The van der Waals surface area contributed by atoms with Crippen LogP contribution in [0.1, 0.15) is 10.5 Å². The summed E-state index contributed by atoms with van der Waals surface area (Å²) in [6.07, 6.45) is 6.66. The van der Waals surface area contributed by atoms with E-state index in [2.05, 4.69) is 25.8 Å². The van der Waals surface area contributed by atoms with E-state index >= 15 is 0 Å². The highest BCUT2D eigenvalue weighted by Gasteiger charge is 2.14.